The third kappa shape index (κ3) is 3.79. The minimum atomic E-state index is -4.00. The lowest BCUT2D eigenvalue weighted by Crippen LogP contribution is -2.30. The molecule has 0 aromatic rings. The number of nitrogens with one attached hydrogen (secondary N) is 1. The Morgan fingerprint density at radius 2 is 2.00 bits per heavy atom. The highest BCUT2D eigenvalue weighted by molar-refractivity contribution is 5.45. The third-order valence-corrected chi connectivity index (χ3v) is 1.01. The molecular formula is C5H7F4NO. The minimum Gasteiger partial charge on any atom is -0.358 e. The fourth-order valence-electron chi connectivity index (χ4n) is 0.407. The normalized spacial score (nSPS) is 11.7. The van der Waals surface area contributed by atoms with Crippen LogP contribution in [0.15, 0.2) is 0 Å². The maximum atomic E-state index is 12.0. The Bertz CT molecular complexity index is 128. The summed E-state index contributed by atoms with van der Waals surface area (Å²) in [6, 6.07) is 0. The molecule has 6 heteroatoms. The number of halogens is 4. The number of carbonyl (C=O) groups is 1. The van der Waals surface area contributed by atoms with Gasteiger partial charge in [0.1, 0.15) is 0 Å². The van der Waals surface area contributed by atoms with E-state index in [9.17, 15) is 22.4 Å². The number of carbonyl (C=O) groups excluding carboxylic acids is 1. The van der Waals surface area contributed by atoms with Crippen molar-refractivity contribution in [3.8, 4) is 0 Å². The van der Waals surface area contributed by atoms with Gasteiger partial charge >= 0.3 is 12.3 Å². The topological polar surface area (TPSA) is 29.1 Å². The number of hydrogen-bond acceptors (Lipinski definition) is 1. The molecule has 0 radical (unpaired) electrons. The van der Waals surface area contributed by atoms with Crippen molar-refractivity contribution < 1.29 is 22.4 Å². The van der Waals surface area contributed by atoms with E-state index in [2.05, 4.69) is 0 Å². The van der Waals surface area contributed by atoms with Crippen molar-refractivity contribution in [1.82, 2.24) is 5.32 Å². The van der Waals surface area contributed by atoms with Gasteiger partial charge in [-0.25, -0.2) is 17.6 Å². The number of rotatable bonds is 5. The van der Waals surface area contributed by atoms with Gasteiger partial charge in [0.2, 0.25) is 6.41 Å². The van der Waals surface area contributed by atoms with Crippen LogP contribution in [-0.4, -0.2) is 25.3 Å². The van der Waals surface area contributed by atoms with E-state index < -0.39 is 25.3 Å². The van der Waals surface area contributed by atoms with Crippen molar-refractivity contribution in [3.05, 3.63) is 0 Å². The molecule has 0 aromatic heterocycles. The summed E-state index contributed by atoms with van der Waals surface area (Å²) in [6.45, 7) is -0.444. The Hall–Kier alpha value is -0.810. The summed E-state index contributed by atoms with van der Waals surface area (Å²) in [5.74, 6) is -4.00. The molecule has 0 fully saturated rings. The van der Waals surface area contributed by atoms with E-state index in [1.807, 2.05) is 5.32 Å². The standard InChI is InChI=1S/C5H7F4NO/c6-4(7)5(8,9)1-2-10-3-11/h3-4H,1-2H2,(H,10,11). The Balaban J connectivity index is 3.63. The van der Waals surface area contributed by atoms with Crippen LogP contribution in [-0.2, 0) is 4.79 Å². The van der Waals surface area contributed by atoms with Gasteiger partial charge in [-0.15, -0.1) is 0 Å². The van der Waals surface area contributed by atoms with Gasteiger partial charge in [-0.05, 0) is 0 Å². The molecule has 0 atom stereocenters. The van der Waals surface area contributed by atoms with Gasteiger partial charge in [-0.3, -0.25) is 4.79 Å². The molecule has 0 saturated heterocycles. The summed E-state index contributed by atoms with van der Waals surface area (Å²) in [5.41, 5.74) is 0. The highest BCUT2D eigenvalue weighted by Crippen LogP contribution is 2.25. The lowest BCUT2D eigenvalue weighted by atomic mass is 10.2. The Morgan fingerprint density at radius 3 is 2.36 bits per heavy atom. The third-order valence-electron chi connectivity index (χ3n) is 1.01. The van der Waals surface area contributed by atoms with Crippen molar-refractivity contribution >= 4 is 6.41 Å². The zero-order valence-electron chi connectivity index (χ0n) is 5.49. The van der Waals surface area contributed by atoms with Gasteiger partial charge in [-0.1, -0.05) is 0 Å². The summed E-state index contributed by atoms with van der Waals surface area (Å²) < 4.78 is 46.7. The smallest absolute Gasteiger partial charge is 0.309 e. The molecule has 11 heavy (non-hydrogen) atoms. The fraction of sp³-hybridized carbons (Fsp3) is 0.800. The molecule has 0 aliphatic heterocycles. The van der Waals surface area contributed by atoms with E-state index in [0.29, 0.717) is 0 Å². The molecule has 0 aliphatic rings. The van der Waals surface area contributed by atoms with Gasteiger partial charge in [0, 0.05) is 13.0 Å². The van der Waals surface area contributed by atoms with Crippen molar-refractivity contribution in [2.75, 3.05) is 6.54 Å². The molecule has 1 amide bonds. The highest BCUT2D eigenvalue weighted by atomic mass is 19.3. The van der Waals surface area contributed by atoms with Crippen LogP contribution in [0.3, 0.4) is 0 Å². The predicted octanol–water partition coefficient (Wildman–Crippen LogP) is 1.02. The van der Waals surface area contributed by atoms with Gasteiger partial charge in [0.25, 0.3) is 0 Å². The number of alkyl halides is 4. The number of hydrogen-bond donors (Lipinski definition) is 1. The van der Waals surface area contributed by atoms with E-state index >= 15 is 0 Å². The lowest BCUT2D eigenvalue weighted by Gasteiger charge is -2.13. The van der Waals surface area contributed by atoms with Crippen LogP contribution in [0.25, 0.3) is 0 Å². The van der Waals surface area contributed by atoms with Gasteiger partial charge in [0.15, 0.2) is 0 Å². The molecule has 0 bridgehead atoms. The molecule has 2 nitrogen and oxygen atoms in total. The van der Waals surface area contributed by atoms with Gasteiger partial charge in [0.05, 0.1) is 0 Å². The van der Waals surface area contributed by atoms with Crippen LogP contribution < -0.4 is 5.32 Å². The second kappa shape index (κ2) is 4.15. The average Bonchev–Trinajstić information content (AvgIpc) is 1.88. The Morgan fingerprint density at radius 1 is 1.45 bits per heavy atom. The Kier molecular flexibility index (Phi) is 3.84. The molecule has 0 aromatic carbocycles. The van der Waals surface area contributed by atoms with E-state index in [0.717, 1.165) is 0 Å². The molecule has 0 aliphatic carbocycles. The summed E-state index contributed by atoms with van der Waals surface area (Å²) in [4.78, 5) is 9.52. The second-order valence-electron chi connectivity index (χ2n) is 1.88. The first kappa shape index (κ1) is 10.2. The maximum Gasteiger partial charge on any atom is 0.309 e. The second-order valence-corrected chi connectivity index (χ2v) is 1.88. The predicted molar refractivity (Wildman–Crippen MR) is 29.6 cm³/mol. The molecule has 0 heterocycles. The molecule has 0 rings (SSSR count). The maximum absolute atomic E-state index is 12.0. The molecule has 1 N–H and O–H groups in total. The quantitative estimate of drug-likeness (QED) is 0.375. The van der Waals surface area contributed by atoms with E-state index in [1.54, 1.807) is 0 Å². The van der Waals surface area contributed by atoms with E-state index in [-0.39, 0.29) is 6.41 Å². The highest BCUT2D eigenvalue weighted by Gasteiger charge is 2.39. The van der Waals surface area contributed by atoms with Gasteiger partial charge in [-0.2, -0.15) is 0 Å². The van der Waals surface area contributed by atoms with Crippen molar-refractivity contribution in [3.63, 3.8) is 0 Å². The van der Waals surface area contributed by atoms with Crippen LogP contribution >= 0.6 is 0 Å². The van der Waals surface area contributed by atoms with Crippen molar-refractivity contribution in [1.29, 1.82) is 0 Å². The zero-order chi connectivity index (χ0) is 8.91. The average molecular weight is 173 g/mol. The molecule has 0 saturated carbocycles. The van der Waals surface area contributed by atoms with E-state index in [4.69, 9.17) is 0 Å². The largest absolute Gasteiger partial charge is 0.358 e. The minimum absolute atomic E-state index is 0.182. The number of amides is 1. The molecular weight excluding hydrogens is 166 g/mol. The first-order valence-corrected chi connectivity index (χ1v) is 2.83. The van der Waals surface area contributed by atoms with Crippen LogP contribution in [0, 0.1) is 0 Å². The van der Waals surface area contributed by atoms with Crippen molar-refractivity contribution in [2.24, 2.45) is 0 Å². The van der Waals surface area contributed by atoms with Crippen LogP contribution in [0.4, 0.5) is 17.6 Å². The van der Waals surface area contributed by atoms with Crippen molar-refractivity contribution in [2.45, 2.75) is 18.8 Å². The summed E-state index contributed by atoms with van der Waals surface area (Å²) >= 11 is 0. The molecule has 66 valence electrons. The van der Waals surface area contributed by atoms with Crippen LogP contribution in [0.1, 0.15) is 6.42 Å². The fourth-order valence-corrected chi connectivity index (χ4v) is 0.407. The molecule has 0 unspecified atom stereocenters. The summed E-state index contributed by atoms with van der Waals surface area (Å²) in [5, 5.41) is 1.87. The van der Waals surface area contributed by atoms with E-state index in [1.165, 1.54) is 0 Å². The summed E-state index contributed by atoms with van der Waals surface area (Å²) in [6.07, 6.45) is -4.53. The first-order valence-electron chi connectivity index (χ1n) is 2.83. The van der Waals surface area contributed by atoms with Gasteiger partial charge < -0.3 is 5.32 Å². The monoisotopic (exact) mass is 173 g/mol. The molecule has 0 spiro atoms. The SMILES string of the molecule is O=CNCCC(F)(F)C(F)F. The summed E-state index contributed by atoms with van der Waals surface area (Å²) in [7, 11) is 0. The zero-order valence-corrected chi connectivity index (χ0v) is 5.49. The van der Waals surface area contributed by atoms with Crippen LogP contribution in [0.2, 0.25) is 0 Å². The lowest BCUT2D eigenvalue weighted by molar-refractivity contribution is -0.132. The van der Waals surface area contributed by atoms with Crippen LogP contribution in [0.5, 0.6) is 0 Å². The Labute approximate surface area is 60.6 Å². The first-order chi connectivity index (χ1) is 5.00.